The van der Waals surface area contributed by atoms with Crippen LogP contribution in [0.4, 0.5) is 5.82 Å². The highest BCUT2D eigenvalue weighted by Gasteiger charge is 2.26. The number of pyridine rings is 1. The molecule has 2 saturated heterocycles. The van der Waals surface area contributed by atoms with Gasteiger partial charge in [-0.25, -0.2) is 19.9 Å². The van der Waals surface area contributed by atoms with Crippen LogP contribution in [-0.2, 0) is 17.6 Å². The van der Waals surface area contributed by atoms with E-state index in [4.69, 9.17) is 42.0 Å². The third-order valence-electron chi connectivity index (χ3n) is 7.13. The van der Waals surface area contributed by atoms with Crippen molar-refractivity contribution in [1.29, 1.82) is 0 Å². The molecular weight excluding hydrogens is 508 g/mol. The predicted molar refractivity (Wildman–Crippen MR) is 147 cm³/mol. The van der Waals surface area contributed by atoms with Crippen LogP contribution in [0.25, 0.3) is 22.1 Å². The molecule has 2 aliphatic heterocycles. The fraction of sp³-hybridized carbons (Fsp3) is 0.500. The Labute approximate surface area is 225 Å². The highest BCUT2D eigenvalue weighted by molar-refractivity contribution is 7.99. The number of nitrogens with one attached hydrogen (secondary N) is 1. The lowest BCUT2D eigenvalue weighted by molar-refractivity contribution is 0.104. The summed E-state index contributed by atoms with van der Waals surface area (Å²) in [5.74, 6) is 1.59. The minimum Gasteiger partial charge on any atom is -0.378 e. The summed E-state index contributed by atoms with van der Waals surface area (Å²) in [6, 6.07) is 2.18. The van der Waals surface area contributed by atoms with Gasteiger partial charge in [-0.2, -0.15) is 0 Å². The molecule has 194 valence electrons. The number of rotatable bonds is 7. The topological polar surface area (TPSA) is 119 Å². The first-order valence-electron chi connectivity index (χ1n) is 13.0. The normalized spacial score (nSPS) is 20.1. The Morgan fingerprint density at radius 2 is 2.14 bits per heavy atom. The van der Waals surface area contributed by atoms with Crippen molar-refractivity contribution in [3.05, 3.63) is 34.5 Å². The van der Waals surface area contributed by atoms with Crippen LogP contribution in [0, 0.1) is 6.92 Å². The first-order valence-corrected chi connectivity index (χ1v) is 14.2. The number of fused-ring (bicyclic) bond motifs is 2. The summed E-state index contributed by atoms with van der Waals surface area (Å²) >= 11 is 8.22. The van der Waals surface area contributed by atoms with E-state index in [-0.39, 0.29) is 6.04 Å². The van der Waals surface area contributed by atoms with Gasteiger partial charge >= 0.3 is 0 Å². The third kappa shape index (κ3) is 4.99. The van der Waals surface area contributed by atoms with Crippen LogP contribution in [-0.4, -0.2) is 61.7 Å². The lowest BCUT2D eigenvalue weighted by atomic mass is 10.1. The fourth-order valence-corrected chi connectivity index (χ4v) is 6.37. The zero-order chi connectivity index (χ0) is 25.5. The molecule has 4 aromatic rings. The molecule has 37 heavy (non-hydrogen) atoms. The van der Waals surface area contributed by atoms with E-state index in [1.54, 1.807) is 0 Å². The Hall–Kier alpha value is -2.53. The molecule has 6 heterocycles. The van der Waals surface area contributed by atoms with E-state index in [9.17, 15) is 0 Å². The van der Waals surface area contributed by atoms with Crippen molar-refractivity contribution in [3.8, 4) is 0 Å². The molecule has 1 unspecified atom stereocenters. The maximum atomic E-state index is 6.74. The van der Waals surface area contributed by atoms with Crippen molar-refractivity contribution in [3.63, 3.8) is 0 Å². The summed E-state index contributed by atoms with van der Waals surface area (Å²) in [7, 11) is 0. The minimum atomic E-state index is 0.131. The fourth-order valence-electron chi connectivity index (χ4n) is 5.26. The summed E-state index contributed by atoms with van der Waals surface area (Å²) in [6.07, 6.45) is 7.95. The van der Waals surface area contributed by atoms with Gasteiger partial charge in [0.25, 0.3) is 0 Å². The number of H-pyrrole nitrogens is 1. The monoisotopic (exact) mass is 538 g/mol. The SMILES string of the molecule is CCc1[nH]c2nc(Sc3cnc4c(CCC5CCCO5)nc(C)nc4c3)nc(N3CC[C@H](N)C3)c2c1Cl. The molecule has 0 bridgehead atoms. The molecule has 3 N–H and O–H groups in total. The molecule has 2 aliphatic rings. The molecule has 4 aromatic heterocycles. The molecule has 0 saturated carbocycles. The number of anilines is 1. The minimum absolute atomic E-state index is 0.131. The number of nitrogens with two attached hydrogens (primary N) is 1. The van der Waals surface area contributed by atoms with E-state index in [0.29, 0.717) is 16.3 Å². The average Bonchev–Trinajstić information content (AvgIpc) is 3.62. The van der Waals surface area contributed by atoms with Gasteiger partial charge in [-0.15, -0.1) is 0 Å². The number of hydrogen-bond donors (Lipinski definition) is 2. The van der Waals surface area contributed by atoms with Crippen molar-refractivity contribution in [1.82, 2.24) is 29.9 Å². The van der Waals surface area contributed by atoms with Gasteiger partial charge in [0.15, 0.2) is 5.16 Å². The van der Waals surface area contributed by atoms with Crippen molar-refractivity contribution >= 4 is 51.2 Å². The number of nitrogens with zero attached hydrogens (tertiary/aromatic N) is 6. The molecule has 0 aromatic carbocycles. The summed E-state index contributed by atoms with van der Waals surface area (Å²) in [4.78, 5) is 30.5. The van der Waals surface area contributed by atoms with Gasteiger partial charge in [0.2, 0.25) is 0 Å². The van der Waals surface area contributed by atoms with Gasteiger partial charge in [-0.1, -0.05) is 18.5 Å². The number of aromatic amines is 1. The first-order chi connectivity index (χ1) is 18.0. The lowest BCUT2D eigenvalue weighted by Gasteiger charge is -2.18. The molecular formula is C26H31ClN8OS. The molecule has 0 spiro atoms. The van der Waals surface area contributed by atoms with E-state index >= 15 is 0 Å². The standard InChI is InChI=1S/C26H31ClN8OS/c1-3-18-22(27)21-24(32-18)33-26(34-25(21)35-9-8-15(28)13-35)37-17-11-20-23(29-12-17)19(30-14(2)31-20)7-6-16-5-4-10-36-16/h11-12,15-16H,3-10,13,28H2,1-2H3,(H,32,33,34)/t15-,16?/m0/s1. The van der Waals surface area contributed by atoms with Crippen molar-refractivity contribution in [2.45, 2.75) is 74.6 Å². The van der Waals surface area contributed by atoms with Crippen LogP contribution in [0.5, 0.6) is 0 Å². The zero-order valence-corrected chi connectivity index (χ0v) is 22.7. The van der Waals surface area contributed by atoms with Crippen molar-refractivity contribution in [2.24, 2.45) is 5.73 Å². The van der Waals surface area contributed by atoms with Gasteiger partial charge < -0.3 is 20.4 Å². The van der Waals surface area contributed by atoms with Crippen molar-refractivity contribution in [2.75, 3.05) is 24.6 Å². The van der Waals surface area contributed by atoms with Crippen LogP contribution in [0.2, 0.25) is 5.02 Å². The molecule has 6 rings (SSSR count). The Balaban J connectivity index is 1.33. The number of halogens is 1. The Kier molecular flexibility index (Phi) is 6.91. The highest BCUT2D eigenvalue weighted by atomic mass is 35.5. The number of ether oxygens (including phenoxy) is 1. The van der Waals surface area contributed by atoms with Crippen LogP contribution in [0.3, 0.4) is 0 Å². The average molecular weight is 539 g/mol. The van der Waals surface area contributed by atoms with Gasteiger partial charge in [-0.3, -0.25) is 4.98 Å². The Morgan fingerprint density at radius 1 is 1.24 bits per heavy atom. The maximum Gasteiger partial charge on any atom is 0.196 e. The number of aromatic nitrogens is 6. The van der Waals surface area contributed by atoms with E-state index < -0.39 is 0 Å². The van der Waals surface area contributed by atoms with E-state index in [2.05, 4.69) is 27.9 Å². The maximum absolute atomic E-state index is 6.74. The molecule has 0 aliphatic carbocycles. The molecule has 11 heteroatoms. The quantitative estimate of drug-likeness (QED) is 0.325. The number of hydrogen-bond acceptors (Lipinski definition) is 9. The van der Waals surface area contributed by atoms with Gasteiger partial charge in [0.1, 0.15) is 22.8 Å². The van der Waals surface area contributed by atoms with Crippen LogP contribution in [0.15, 0.2) is 22.3 Å². The van der Waals surface area contributed by atoms with E-state index in [0.717, 1.165) is 108 Å². The summed E-state index contributed by atoms with van der Waals surface area (Å²) in [5.41, 5.74) is 10.6. The van der Waals surface area contributed by atoms with Gasteiger partial charge in [0.05, 0.1) is 27.7 Å². The second kappa shape index (κ2) is 10.3. The van der Waals surface area contributed by atoms with E-state index in [1.807, 2.05) is 13.1 Å². The summed E-state index contributed by atoms with van der Waals surface area (Å²) < 4.78 is 5.80. The Bertz CT molecular complexity index is 1450. The molecule has 0 radical (unpaired) electrons. The number of aryl methyl sites for hydroxylation is 3. The first kappa shape index (κ1) is 24.8. The van der Waals surface area contributed by atoms with Gasteiger partial charge in [0, 0.05) is 42.5 Å². The lowest BCUT2D eigenvalue weighted by Crippen LogP contribution is -2.27. The van der Waals surface area contributed by atoms with Crippen LogP contribution in [0.1, 0.15) is 49.8 Å². The summed E-state index contributed by atoms with van der Waals surface area (Å²) in [5, 5.41) is 2.20. The smallest absolute Gasteiger partial charge is 0.196 e. The second-order valence-electron chi connectivity index (χ2n) is 9.85. The molecule has 9 nitrogen and oxygen atoms in total. The molecule has 2 atom stereocenters. The van der Waals surface area contributed by atoms with Gasteiger partial charge in [-0.05, 0) is 63.3 Å². The Morgan fingerprint density at radius 3 is 2.89 bits per heavy atom. The zero-order valence-electron chi connectivity index (χ0n) is 21.1. The predicted octanol–water partition coefficient (Wildman–Crippen LogP) is 4.62. The third-order valence-corrected chi connectivity index (χ3v) is 8.37. The van der Waals surface area contributed by atoms with Crippen LogP contribution >= 0.6 is 23.4 Å². The molecule has 0 amide bonds. The summed E-state index contributed by atoms with van der Waals surface area (Å²) in [6.45, 7) is 6.47. The van der Waals surface area contributed by atoms with E-state index in [1.165, 1.54) is 11.8 Å². The largest absolute Gasteiger partial charge is 0.378 e. The van der Waals surface area contributed by atoms with Crippen molar-refractivity contribution < 1.29 is 4.74 Å². The highest BCUT2D eigenvalue weighted by Crippen LogP contribution is 2.38. The second-order valence-corrected chi connectivity index (χ2v) is 11.3. The molecule has 2 fully saturated rings. The van der Waals surface area contributed by atoms with Crippen LogP contribution < -0.4 is 10.6 Å².